The largest absolute Gasteiger partial charge is 0.490 e. The van der Waals surface area contributed by atoms with Gasteiger partial charge < -0.3 is 14.6 Å². The molecule has 4 nitrogen and oxygen atoms in total. The van der Waals surface area contributed by atoms with Crippen molar-refractivity contribution < 1.29 is 9.13 Å². The number of hydrogen-bond acceptors (Lipinski definition) is 3. The molecular weight excluding hydrogens is 361 g/mol. The van der Waals surface area contributed by atoms with E-state index in [1.807, 2.05) is 43.4 Å². The van der Waals surface area contributed by atoms with Crippen LogP contribution in [0, 0.1) is 11.3 Å². The summed E-state index contributed by atoms with van der Waals surface area (Å²) < 4.78 is 18.6. The highest BCUT2D eigenvalue weighted by Crippen LogP contribution is 2.28. The molecule has 0 aromatic carbocycles. The summed E-state index contributed by atoms with van der Waals surface area (Å²) in [6.45, 7) is -0.491. The predicted molar refractivity (Wildman–Crippen MR) is 92.5 cm³/mol. The van der Waals surface area contributed by atoms with Crippen molar-refractivity contribution in [1.29, 1.82) is 5.26 Å². The van der Waals surface area contributed by atoms with Gasteiger partial charge in [0.15, 0.2) is 0 Å². The average molecular weight is 380 g/mol. The standard InChI is InChI=1S/C17H19BrFN3O/c1-22(2)11-12(10-20)7-14-8-13-9-17(23-6-5-19)15(18)3-4-16(13)21-14/h3,8-9,11,21H,4-7H2,1-2H3/b12-11-. The molecule has 1 aromatic rings. The molecule has 122 valence electrons. The lowest BCUT2D eigenvalue weighted by Crippen LogP contribution is -2.03. The number of aromatic amines is 1. The smallest absolute Gasteiger partial charge is 0.133 e. The number of alkyl halides is 1. The van der Waals surface area contributed by atoms with Crippen molar-refractivity contribution in [2.24, 2.45) is 0 Å². The molecule has 1 N–H and O–H groups in total. The summed E-state index contributed by atoms with van der Waals surface area (Å²) in [7, 11) is 3.78. The van der Waals surface area contributed by atoms with Crippen LogP contribution in [0.4, 0.5) is 4.39 Å². The number of fused-ring (bicyclic) bond motifs is 1. The molecule has 0 saturated carbocycles. The minimum atomic E-state index is -0.524. The van der Waals surface area contributed by atoms with Gasteiger partial charge in [0.05, 0.1) is 16.1 Å². The van der Waals surface area contributed by atoms with E-state index in [9.17, 15) is 9.65 Å². The molecule has 0 bridgehead atoms. The zero-order valence-electron chi connectivity index (χ0n) is 13.2. The number of nitrogens with one attached hydrogen (secondary N) is 1. The summed E-state index contributed by atoms with van der Waals surface area (Å²) in [4.78, 5) is 5.22. The van der Waals surface area contributed by atoms with Crippen molar-refractivity contribution in [2.75, 3.05) is 27.4 Å². The normalized spacial score (nSPS) is 14.3. The van der Waals surface area contributed by atoms with Crippen molar-refractivity contribution in [1.82, 2.24) is 9.88 Å². The highest BCUT2D eigenvalue weighted by atomic mass is 79.9. The Morgan fingerprint density at radius 3 is 3.00 bits per heavy atom. The van der Waals surface area contributed by atoms with Gasteiger partial charge in [0.2, 0.25) is 0 Å². The molecule has 1 aliphatic rings. The number of nitriles is 1. The number of halogens is 2. The first-order valence-corrected chi connectivity index (χ1v) is 8.07. The van der Waals surface area contributed by atoms with Gasteiger partial charge in [-0.05, 0) is 33.6 Å². The highest BCUT2D eigenvalue weighted by Gasteiger charge is 2.14. The lowest BCUT2D eigenvalue weighted by atomic mass is 10.1. The molecule has 0 aliphatic heterocycles. The first kappa shape index (κ1) is 17.4. The molecule has 0 atom stereocenters. The molecule has 2 rings (SSSR count). The summed E-state index contributed by atoms with van der Waals surface area (Å²) >= 11 is 3.45. The monoisotopic (exact) mass is 379 g/mol. The van der Waals surface area contributed by atoms with Crippen molar-refractivity contribution in [3.8, 4) is 6.07 Å². The molecule has 1 heterocycles. The fraction of sp³-hybridized carbons (Fsp3) is 0.353. The number of rotatable bonds is 6. The summed E-state index contributed by atoms with van der Waals surface area (Å²) in [5.41, 5.74) is 3.71. The third-order valence-electron chi connectivity index (χ3n) is 3.27. The Bertz CT molecular complexity index is 695. The van der Waals surface area contributed by atoms with Gasteiger partial charge in [-0.25, -0.2) is 4.39 Å². The minimum Gasteiger partial charge on any atom is -0.490 e. The second kappa shape index (κ2) is 8.02. The molecule has 0 fully saturated rings. The molecule has 0 unspecified atom stereocenters. The molecular formula is C17H19BrFN3O. The van der Waals surface area contributed by atoms with Gasteiger partial charge in [0.1, 0.15) is 19.0 Å². The van der Waals surface area contributed by atoms with Gasteiger partial charge in [0, 0.05) is 44.5 Å². The Kier molecular flexibility index (Phi) is 6.05. The van der Waals surface area contributed by atoms with Gasteiger partial charge in [-0.1, -0.05) is 6.08 Å². The summed E-state index contributed by atoms with van der Waals surface area (Å²) in [6.07, 6.45) is 6.95. The summed E-state index contributed by atoms with van der Waals surface area (Å²) in [5, 5.41) is 9.22. The first-order chi connectivity index (χ1) is 11.0. The molecule has 0 saturated heterocycles. The first-order valence-electron chi connectivity index (χ1n) is 7.28. The van der Waals surface area contributed by atoms with E-state index in [-0.39, 0.29) is 6.61 Å². The Labute approximate surface area is 144 Å². The number of ether oxygens (including phenoxy) is 1. The van der Waals surface area contributed by atoms with E-state index in [0.717, 1.165) is 21.4 Å². The van der Waals surface area contributed by atoms with Crippen LogP contribution in [-0.2, 0) is 17.6 Å². The Morgan fingerprint density at radius 1 is 1.57 bits per heavy atom. The maximum absolute atomic E-state index is 12.3. The Balaban J connectivity index is 2.24. The van der Waals surface area contributed by atoms with E-state index in [0.29, 0.717) is 24.2 Å². The second-order valence-corrected chi connectivity index (χ2v) is 6.29. The number of hydrogen-bond donors (Lipinski definition) is 1. The molecule has 6 heteroatoms. The lowest BCUT2D eigenvalue weighted by Gasteiger charge is -2.07. The zero-order valence-corrected chi connectivity index (χ0v) is 14.8. The van der Waals surface area contributed by atoms with Crippen molar-refractivity contribution in [2.45, 2.75) is 12.8 Å². The average Bonchev–Trinajstić information content (AvgIpc) is 2.82. The fourth-order valence-corrected chi connectivity index (χ4v) is 2.75. The zero-order chi connectivity index (χ0) is 16.8. The van der Waals surface area contributed by atoms with E-state index in [4.69, 9.17) is 4.74 Å². The number of nitrogens with zero attached hydrogens (tertiary/aromatic N) is 2. The summed E-state index contributed by atoms with van der Waals surface area (Å²) in [6, 6.07) is 4.22. The molecule has 0 radical (unpaired) electrons. The lowest BCUT2D eigenvalue weighted by molar-refractivity contribution is 0.199. The van der Waals surface area contributed by atoms with E-state index < -0.39 is 6.67 Å². The van der Waals surface area contributed by atoms with Gasteiger partial charge in [-0.15, -0.1) is 0 Å². The van der Waals surface area contributed by atoms with E-state index >= 15 is 0 Å². The van der Waals surface area contributed by atoms with Crippen molar-refractivity contribution in [3.05, 3.63) is 51.1 Å². The quantitative estimate of drug-likeness (QED) is 0.766. The van der Waals surface area contributed by atoms with Crippen LogP contribution in [0.25, 0.3) is 6.08 Å². The van der Waals surface area contributed by atoms with Crippen LogP contribution in [-0.4, -0.2) is 37.3 Å². The highest BCUT2D eigenvalue weighted by molar-refractivity contribution is 9.12. The molecule has 0 spiro atoms. The molecule has 1 aliphatic carbocycles. The number of allylic oxidation sites excluding steroid dienone is 3. The van der Waals surface area contributed by atoms with Gasteiger partial charge in [0.25, 0.3) is 0 Å². The predicted octanol–water partition coefficient (Wildman–Crippen LogP) is 3.69. The third kappa shape index (κ3) is 4.73. The van der Waals surface area contributed by atoms with E-state index in [2.05, 4.69) is 27.0 Å². The SMILES string of the molecule is CN(C)/C=C(\C#N)Cc1cc2c([nH]1)CC=C(Br)C(OCCF)=C2. The van der Waals surface area contributed by atoms with E-state index in [1.54, 1.807) is 0 Å². The van der Waals surface area contributed by atoms with E-state index in [1.165, 1.54) is 0 Å². The second-order valence-electron chi connectivity index (χ2n) is 5.44. The molecule has 23 heavy (non-hydrogen) atoms. The number of aromatic nitrogens is 1. The van der Waals surface area contributed by atoms with Gasteiger partial charge in [-0.2, -0.15) is 5.26 Å². The molecule has 0 amide bonds. The van der Waals surface area contributed by atoms with Crippen LogP contribution < -0.4 is 0 Å². The number of H-pyrrole nitrogens is 1. The van der Waals surface area contributed by atoms with Crippen LogP contribution >= 0.6 is 15.9 Å². The van der Waals surface area contributed by atoms with Crippen LogP contribution in [0.15, 0.2) is 34.2 Å². The maximum atomic E-state index is 12.3. The van der Waals surface area contributed by atoms with Gasteiger partial charge >= 0.3 is 0 Å². The van der Waals surface area contributed by atoms with Crippen molar-refractivity contribution >= 4 is 22.0 Å². The Hall–Kier alpha value is -2.00. The molecule has 1 aromatic heterocycles. The van der Waals surface area contributed by atoms with Crippen molar-refractivity contribution in [3.63, 3.8) is 0 Å². The van der Waals surface area contributed by atoms with Crippen LogP contribution in [0.3, 0.4) is 0 Å². The third-order valence-corrected chi connectivity index (χ3v) is 3.98. The maximum Gasteiger partial charge on any atom is 0.133 e. The van der Waals surface area contributed by atoms with Crippen LogP contribution in [0.1, 0.15) is 17.0 Å². The summed E-state index contributed by atoms with van der Waals surface area (Å²) in [5.74, 6) is 0.622. The van der Waals surface area contributed by atoms with Crippen LogP contribution in [0.2, 0.25) is 0 Å². The fourth-order valence-electron chi connectivity index (χ4n) is 2.36. The Morgan fingerprint density at radius 2 is 2.35 bits per heavy atom. The minimum absolute atomic E-state index is 0.0333. The topological polar surface area (TPSA) is 52.0 Å². The van der Waals surface area contributed by atoms with Gasteiger partial charge in [-0.3, -0.25) is 0 Å². The van der Waals surface area contributed by atoms with Crippen LogP contribution in [0.5, 0.6) is 0 Å².